The molecule has 50 heavy (non-hydrogen) atoms. The topological polar surface area (TPSA) is 89.0 Å². The molecule has 5 aromatic carbocycles. The van der Waals surface area contributed by atoms with Gasteiger partial charge < -0.3 is 19.4 Å². The summed E-state index contributed by atoms with van der Waals surface area (Å²) < 4.78 is 17.4. The van der Waals surface area contributed by atoms with E-state index in [1.165, 1.54) is 0 Å². The molecular weight excluding hydrogens is 620 g/mol. The third-order valence-corrected chi connectivity index (χ3v) is 9.57. The molecule has 0 aliphatic carbocycles. The number of H-pyrrole nitrogens is 2. The third kappa shape index (κ3) is 4.74. The van der Waals surface area contributed by atoms with Crippen molar-refractivity contribution in [3.63, 3.8) is 0 Å². The van der Waals surface area contributed by atoms with Crippen LogP contribution in [-0.4, -0.2) is 34.5 Å². The second-order valence-corrected chi connectivity index (χ2v) is 12.4. The van der Waals surface area contributed by atoms with Gasteiger partial charge in [-0.25, -0.2) is 4.63 Å². The largest absolute Gasteiger partial charge is 0.494 e. The van der Waals surface area contributed by atoms with Crippen LogP contribution in [-0.2, 0) is 0 Å². The normalized spacial score (nSPS) is 14.3. The first-order valence-corrected chi connectivity index (χ1v) is 16.5. The lowest BCUT2D eigenvalue weighted by Crippen LogP contribution is -1.90. The molecule has 2 N–H and O–H groups in total. The monoisotopic (exact) mass is 652 g/mol. The van der Waals surface area contributed by atoms with E-state index in [4.69, 9.17) is 14.1 Å². The van der Waals surface area contributed by atoms with E-state index in [9.17, 15) is 0 Å². The van der Waals surface area contributed by atoms with Crippen molar-refractivity contribution in [2.75, 3.05) is 14.2 Å². The average Bonchev–Trinajstić information content (AvgIpc) is 3.93. The second kappa shape index (κ2) is 11.8. The van der Waals surface area contributed by atoms with Crippen LogP contribution in [0.15, 0.2) is 126 Å². The SMILES string of the molecule is C\C=C/C1=C\C=C/c2ccc(cc2)-c2cc3c(OC)c4[nH]c(cc4c(OC)c3[nH]2)-c2ccc(cc2)-c2ccc(cc2)-c2ccc1c1nonc21. The van der Waals surface area contributed by atoms with E-state index in [-0.39, 0.29) is 0 Å². The van der Waals surface area contributed by atoms with Gasteiger partial charge in [0.25, 0.3) is 0 Å². The molecule has 0 spiro atoms. The first-order chi connectivity index (χ1) is 24.6. The Morgan fingerprint density at radius 2 is 1.10 bits per heavy atom. The fourth-order valence-corrected chi connectivity index (χ4v) is 7.10. The third-order valence-electron chi connectivity index (χ3n) is 9.57. The van der Waals surface area contributed by atoms with Crippen molar-refractivity contribution in [1.82, 2.24) is 20.3 Å². The summed E-state index contributed by atoms with van der Waals surface area (Å²) in [7, 11) is 3.43. The summed E-state index contributed by atoms with van der Waals surface area (Å²) in [4.78, 5) is 7.26. The van der Waals surface area contributed by atoms with Crippen molar-refractivity contribution < 1.29 is 14.1 Å². The lowest BCUT2D eigenvalue weighted by Gasteiger charge is -2.09. The molecule has 3 aromatic heterocycles. The predicted molar refractivity (Wildman–Crippen MR) is 202 cm³/mol. The van der Waals surface area contributed by atoms with Crippen LogP contribution in [0.4, 0.5) is 0 Å². The molecule has 11 heterocycles. The highest BCUT2D eigenvalue weighted by Crippen LogP contribution is 2.45. The number of rotatable bonds is 3. The van der Waals surface area contributed by atoms with Crippen molar-refractivity contribution in [2.45, 2.75) is 6.92 Å². The predicted octanol–water partition coefficient (Wildman–Crippen LogP) is 10.9. The minimum Gasteiger partial charge on any atom is -0.494 e. The van der Waals surface area contributed by atoms with E-state index in [1.54, 1.807) is 14.2 Å². The molecule has 0 radical (unpaired) electrons. The molecule has 0 fully saturated rings. The van der Waals surface area contributed by atoms with Crippen molar-refractivity contribution in [3.8, 4) is 56.3 Å². The van der Waals surface area contributed by atoms with Crippen LogP contribution in [0.1, 0.15) is 18.1 Å². The van der Waals surface area contributed by atoms with Crippen LogP contribution in [0.3, 0.4) is 0 Å². The minimum absolute atomic E-state index is 0.724. The first-order valence-electron chi connectivity index (χ1n) is 16.5. The van der Waals surface area contributed by atoms with Gasteiger partial charge in [0.05, 0.1) is 25.3 Å². The Bertz CT molecular complexity index is 2590. The van der Waals surface area contributed by atoms with E-state index in [1.807, 2.05) is 13.0 Å². The molecule has 16 rings (SSSR count). The fraction of sp³-hybridized carbons (Fsp3) is 0.0698. The summed E-state index contributed by atoms with van der Waals surface area (Å²) >= 11 is 0. The molecule has 7 nitrogen and oxygen atoms in total. The Morgan fingerprint density at radius 1 is 0.600 bits per heavy atom. The number of allylic oxidation sites excluding steroid dienone is 5. The number of ether oxygens (including phenoxy) is 2. The van der Waals surface area contributed by atoms with Crippen molar-refractivity contribution in [2.24, 2.45) is 0 Å². The molecular formula is C43H32N4O3. The summed E-state index contributed by atoms with van der Waals surface area (Å²) in [6, 6.07) is 34.0. The number of hydrogen-bond donors (Lipinski definition) is 2. The lowest BCUT2D eigenvalue weighted by atomic mass is 9.95. The number of nitrogens with zero attached hydrogens (tertiary/aromatic N) is 2. The van der Waals surface area contributed by atoms with Crippen LogP contribution in [0.25, 0.3) is 89.3 Å². The summed E-state index contributed by atoms with van der Waals surface area (Å²) in [6.07, 6.45) is 10.3. The van der Waals surface area contributed by atoms with Gasteiger partial charge in [0.1, 0.15) is 11.0 Å². The fourth-order valence-electron chi connectivity index (χ4n) is 7.10. The molecule has 8 aliphatic rings. The molecule has 7 heteroatoms. The zero-order valence-electron chi connectivity index (χ0n) is 27.7. The van der Waals surface area contributed by atoms with E-state index in [0.717, 1.165) is 106 Å². The molecule has 0 atom stereocenters. The number of benzene rings is 5. The Morgan fingerprint density at radius 3 is 1.66 bits per heavy atom. The molecule has 0 saturated heterocycles. The van der Waals surface area contributed by atoms with Crippen LogP contribution < -0.4 is 9.47 Å². The lowest BCUT2D eigenvalue weighted by molar-refractivity contribution is 0.315. The van der Waals surface area contributed by atoms with Gasteiger partial charge in [-0.15, -0.1) is 0 Å². The maximum Gasteiger partial charge on any atom is 0.152 e. The number of fused-ring (bicyclic) bond motifs is 1. The quantitative estimate of drug-likeness (QED) is 0.198. The zero-order chi connectivity index (χ0) is 33.8. The molecule has 8 aliphatic heterocycles. The molecule has 8 aromatic rings. The molecule has 0 unspecified atom stereocenters. The summed E-state index contributed by atoms with van der Waals surface area (Å²) in [5.41, 5.74) is 14.6. The standard InChI is InChI=1S/C43H32N4O3/c1-4-6-28-8-5-7-25-9-11-30(12-10-25)36-23-34-40(44-36)43(49-3)35-24-37(45-41(35)42(34)48-2)31-19-15-27(16-20-31)26-13-17-29(18-14-26)33-22-21-32(28)38-39(33)47-50-46-38/h4-24,44-45H,1-3H3/b6-4-,7-5-,8-5?,25-7?,27-26?,28-8+,32-28?,33-29?,36-30?,37-31?. The van der Waals surface area contributed by atoms with Crippen LogP contribution >= 0.6 is 0 Å². The van der Waals surface area contributed by atoms with E-state index < -0.39 is 0 Å². The minimum atomic E-state index is 0.724. The van der Waals surface area contributed by atoms with Gasteiger partial charge in [-0.1, -0.05) is 115 Å². The van der Waals surface area contributed by atoms with Crippen molar-refractivity contribution >= 4 is 44.5 Å². The van der Waals surface area contributed by atoms with Crippen LogP contribution in [0.5, 0.6) is 11.5 Å². The highest BCUT2D eigenvalue weighted by atomic mass is 16.6. The molecule has 0 amide bonds. The summed E-state index contributed by atoms with van der Waals surface area (Å²) in [6.45, 7) is 2.01. The van der Waals surface area contributed by atoms with Gasteiger partial charge in [-0.3, -0.25) is 0 Å². The smallest absolute Gasteiger partial charge is 0.152 e. The Balaban J connectivity index is 1.24. The van der Waals surface area contributed by atoms with Crippen molar-refractivity contribution in [3.05, 3.63) is 132 Å². The van der Waals surface area contributed by atoms with Gasteiger partial charge in [0.2, 0.25) is 0 Å². The first kappa shape index (κ1) is 29.5. The van der Waals surface area contributed by atoms with Gasteiger partial charge in [-0.2, -0.15) is 0 Å². The number of nitrogens with one attached hydrogen (secondary N) is 2. The highest BCUT2D eigenvalue weighted by molar-refractivity contribution is 6.11. The average molecular weight is 653 g/mol. The van der Waals surface area contributed by atoms with Crippen LogP contribution in [0.2, 0.25) is 0 Å². The van der Waals surface area contributed by atoms with Gasteiger partial charge in [0, 0.05) is 33.3 Å². The zero-order valence-corrected chi connectivity index (χ0v) is 27.7. The molecule has 0 saturated carbocycles. The Kier molecular flexibility index (Phi) is 6.98. The summed E-state index contributed by atoms with van der Waals surface area (Å²) in [5.74, 6) is 1.54. The van der Waals surface area contributed by atoms with Gasteiger partial charge in [-0.05, 0) is 68.3 Å². The number of methoxy groups -OCH3 is 2. The van der Waals surface area contributed by atoms with E-state index >= 15 is 0 Å². The number of hydrogen-bond acceptors (Lipinski definition) is 5. The number of aromatic nitrogens is 4. The Labute approximate surface area is 288 Å². The maximum absolute atomic E-state index is 6.04. The maximum atomic E-state index is 6.04. The van der Waals surface area contributed by atoms with Gasteiger partial charge >= 0.3 is 0 Å². The number of aromatic amines is 2. The molecule has 14 bridgehead atoms. The van der Waals surface area contributed by atoms with Crippen molar-refractivity contribution in [1.29, 1.82) is 0 Å². The van der Waals surface area contributed by atoms with E-state index in [0.29, 0.717) is 0 Å². The Hall–Kier alpha value is -6.60. The van der Waals surface area contributed by atoms with E-state index in [2.05, 4.69) is 142 Å². The summed E-state index contributed by atoms with van der Waals surface area (Å²) in [5, 5.41) is 10.6. The second-order valence-electron chi connectivity index (χ2n) is 12.4. The van der Waals surface area contributed by atoms with Crippen LogP contribution in [0, 0.1) is 0 Å². The molecule has 242 valence electrons. The van der Waals surface area contributed by atoms with Gasteiger partial charge in [0.15, 0.2) is 11.5 Å². The highest BCUT2D eigenvalue weighted by Gasteiger charge is 2.21.